The molecule has 0 saturated heterocycles. The number of aromatic nitrogens is 1. The minimum atomic E-state index is -3.43. The third kappa shape index (κ3) is 2.81. The minimum Gasteiger partial charge on any atom is -0.395 e. The second-order valence-electron chi connectivity index (χ2n) is 4.11. The van der Waals surface area contributed by atoms with Crippen LogP contribution in [-0.4, -0.2) is 29.9 Å². The molecule has 0 spiro atoms. The molecule has 16 heavy (non-hydrogen) atoms. The van der Waals surface area contributed by atoms with E-state index >= 15 is 0 Å². The molecule has 1 heterocycles. The van der Waals surface area contributed by atoms with E-state index in [1.165, 1.54) is 13.8 Å². The van der Waals surface area contributed by atoms with E-state index in [2.05, 4.69) is 20.9 Å². The monoisotopic (exact) mass is 307 g/mol. The Morgan fingerprint density at radius 1 is 1.50 bits per heavy atom. The summed E-state index contributed by atoms with van der Waals surface area (Å²) in [6.07, 6.45) is 1.54. The first-order chi connectivity index (χ1) is 7.30. The van der Waals surface area contributed by atoms with Gasteiger partial charge in [0.25, 0.3) is 0 Å². The fraction of sp³-hybridized carbons (Fsp3) is 0.500. The van der Waals surface area contributed by atoms with Crippen molar-refractivity contribution < 1.29 is 13.5 Å². The molecule has 0 aliphatic carbocycles. The molecule has 90 valence electrons. The lowest BCUT2D eigenvalue weighted by Crippen LogP contribution is -2.36. The Kier molecular flexibility index (Phi) is 4.09. The van der Waals surface area contributed by atoms with Gasteiger partial charge in [-0.05, 0) is 41.9 Å². The van der Waals surface area contributed by atoms with Crippen LogP contribution in [0.25, 0.3) is 0 Å². The molecule has 0 amide bonds. The molecule has 0 radical (unpaired) electrons. The number of hydrogen-bond donors (Lipinski definition) is 1. The smallest absolute Gasteiger partial charge is 0.163 e. The molecule has 1 rings (SSSR count). The van der Waals surface area contributed by atoms with Gasteiger partial charge in [-0.2, -0.15) is 0 Å². The van der Waals surface area contributed by atoms with Crippen LogP contribution in [0, 0.1) is 0 Å². The number of aliphatic hydroxyl groups is 1. The second kappa shape index (κ2) is 4.81. The summed E-state index contributed by atoms with van der Waals surface area (Å²) in [5, 5.41) is 9.07. The van der Waals surface area contributed by atoms with Crippen molar-refractivity contribution in [2.24, 2.45) is 0 Å². The first kappa shape index (κ1) is 13.6. The Labute approximate surface area is 104 Å². The quantitative estimate of drug-likeness (QED) is 0.916. The SMILES string of the molecule is CC(C)(CO)S(=O)(=O)Cc1ncccc1Br. The summed E-state index contributed by atoms with van der Waals surface area (Å²) < 4.78 is 23.5. The maximum atomic E-state index is 12.0. The van der Waals surface area contributed by atoms with E-state index in [1.54, 1.807) is 18.3 Å². The fourth-order valence-corrected chi connectivity index (χ4v) is 2.76. The van der Waals surface area contributed by atoms with Gasteiger partial charge in [-0.25, -0.2) is 8.42 Å². The number of sulfone groups is 1. The Morgan fingerprint density at radius 3 is 2.62 bits per heavy atom. The third-order valence-electron chi connectivity index (χ3n) is 2.38. The summed E-state index contributed by atoms with van der Waals surface area (Å²) in [7, 11) is -3.43. The highest BCUT2D eigenvalue weighted by Gasteiger charge is 2.34. The Bertz CT molecular complexity index is 471. The highest BCUT2D eigenvalue weighted by Crippen LogP contribution is 2.23. The number of pyridine rings is 1. The molecule has 1 N–H and O–H groups in total. The largest absolute Gasteiger partial charge is 0.395 e. The third-order valence-corrected chi connectivity index (χ3v) is 5.57. The average Bonchev–Trinajstić information content (AvgIpc) is 2.21. The first-order valence-corrected chi connectivity index (χ1v) is 7.17. The molecule has 0 aliphatic heterocycles. The summed E-state index contributed by atoms with van der Waals surface area (Å²) in [5.41, 5.74) is 0.462. The van der Waals surface area contributed by atoms with Crippen molar-refractivity contribution in [1.82, 2.24) is 4.98 Å². The lowest BCUT2D eigenvalue weighted by Gasteiger charge is -2.21. The molecule has 4 nitrogen and oxygen atoms in total. The lowest BCUT2D eigenvalue weighted by molar-refractivity contribution is 0.258. The molecular weight excluding hydrogens is 294 g/mol. The Morgan fingerprint density at radius 2 is 2.12 bits per heavy atom. The van der Waals surface area contributed by atoms with Crippen LogP contribution in [0.2, 0.25) is 0 Å². The molecule has 0 fully saturated rings. The van der Waals surface area contributed by atoms with Gasteiger partial charge in [0.05, 0.1) is 22.8 Å². The average molecular weight is 308 g/mol. The van der Waals surface area contributed by atoms with Crippen molar-refractivity contribution in [1.29, 1.82) is 0 Å². The van der Waals surface area contributed by atoms with Crippen LogP contribution in [0.1, 0.15) is 19.5 Å². The van der Waals surface area contributed by atoms with Gasteiger partial charge in [0.15, 0.2) is 9.84 Å². The van der Waals surface area contributed by atoms with E-state index < -0.39 is 21.2 Å². The summed E-state index contributed by atoms with van der Waals surface area (Å²) in [6, 6.07) is 3.46. The fourth-order valence-electron chi connectivity index (χ4n) is 0.998. The summed E-state index contributed by atoms with van der Waals surface area (Å²) in [4.78, 5) is 4.00. The molecule has 0 saturated carbocycles. The van der Waals surface area contributed by atoms with E-state index in [0.29, 0.717) is 10.2 Å². The summed E-state index contributed by atoms with van der Waals surface area (Å²) >= 11 is 3.25. The van der Waals surface area contributed by atoms with E-state index in [4.69, 9.17) is 5.11 Å². The number of aliphatic hydroxyl groups excluding tert-OH is 1. The zero-order valence-electron chi connectivity index (χ0n) is 9.14. The van der Waals surface area contributed by atoms with Crippen LogP contribution in [0.3, 0.4) is 0 Å². The van der Waals surface area contributed by atoms with E-state index in [0.717, 1.165) is 0 Å². The highest BCUT2D eigenvalue weighted by atomic mass is 79.9. The molecular formula is C10H14BrNO3S. The van der Waals surface area contributed by atoms with Crippen molar-refractivity contribution in [3.8, 4) is 0 Å². The van der Waals surface area contributed by atoms with Crippen molar-refractivity contribution in [3.63, 3.8) is 0 Å². The predicted molar refractivity (Wildman–Crippen MR) is 65.7 cm³/mol. The maximum Gasteiger partial charge on any atom is 0.163 e. The second-order valence-corrected chi connectivity index (χ2v) is 7.59. The molecule has 1 aromatic rings. The Balaban J connectivity index is 3.03. The molecule has 0 aromatic carbocycles. The van der Waals surface area contributed by atoms with Gasteiger partial charge in [0.1, 0.15) is 0 Å². The van der Waals surface area contributed by atoms with Gasteiger partial charge in [-0.3, -0.25) is 4.98 Å². The van der Waals surface area contributed by atoms with Crippen molar-refractivity contribution >= 4 is 25.8 Å². The summed E-state index contributed by atoms with van der Waals surface area (Å²) in [5.74, 6) is -0.179. The molecule has 0 aliphatic rings. The number of hydrogen-bond acceptors (Lipinski definition) is 4. The number of halogens is 1. The van der Waals surface area contributed by atoms with Crippen LogP contribution in [0.15, 0.2) is 22.8 Å². The van der Waals surface area contributed by atoms with E-state index in [-0.39, 0.29) is 5.75 Å². The summed E-state index contributed by atoms with van der Waals surface area (Å²) in [6.45, 7) is 2.60. The molecule has 0 bridgehead atoms. The highest BCUT2D eigenvalue weighted by molar-refractivity contribution is 9.10. The maximum absolute atomic E-state index is 12.0. The van der Waals surface area contributed by atoms with Gasteiger partial charge < -0.3 is 5.11 Å². The zero-order chi connectivity index (χ0) is 12.4. The van der Waals surface area contributed by atoms with Gasteiger partial charge in [-0.15, -0.1) is 0 Å². The predicted octanol–water partition coefficient (Wildman–Crippen LogP) is 1.53. The van der Waals surface area contributed by atoms with Crippen molar-refractivity contribution in [2.75, 3.05) is 6.61 Å². The van der Waals surface area contributed by atoms with Crippen LogP contribution in [-0.2, 0) is 15.6 Å². The van der Waals surface area contributed by atoms with Gasteiger partial charge in [-0.1, -0.05) is 0 Å². The van der Waals surface area contributed by atoms with Gasteiger partial charge in [0.2, 0.25) is 0 Å². The molecule has 6 heteroatoms. The van der Waals surface area contributed by atoms with Crippen molar-refractivity contribution in [3.05, 3.63) is 28.5 Å². The Hall–Kier alpha value is -0.460. The van der Waals surface area contributed by atoms with Crippen LogP contribution in [0.4, 0.5) is 0 Å². The standard InChI is InChI=1S/C10H14BrNO3S/c1-10(2,7-13)16(14,15)6-9-8(11)4-3-5-12-9/h3-5,13H,6-7H2,1-2H3. The van der Waals surface area contributed by atoms with E-state index in [9.17, 15) is 8.42 Å². The minimum absolute atomic E-state index is 0.179. The van der Waals surface area contributed by atoms with Gasteiger partial charge in [0, 0.05) is 10.7 Å². The topological polar surface area (TPSA) is 67.3 Å². The molecule has 0 unspecified atom stereocenters. The zero-order valence-corrected chi connectivity index (χ0v) is 11.5. The van der Waals surface area contributed by atoms with Crippen molar-refractivity contribution in [2.45, 2.75) is 24.3 Å². The normalized spacial score (nSPS) is 12.8. The van der Waals surface area contributed by atoms with Gasteiger partial charge >= 0.3 is 0 Å². The van der Waals surface area contributed by atoms with E-state index in [1.807, 2.05) is 0 Å². The molecule has 0 atom stereocenters. The van der Waals surface area contributed by atoms with Crippen LogP contribution >= 0.6 is 15.9 Å². The molecule has 1 aromatic heterocycles. The first-order valence-electron chi connectivity index (χ1n) is 4.73. The van der Waals surface area contributed by atoms with Crippen LogP contribution < -0.4 is 0 Å². The lowest BCUT2D eigenvalue weighted by atomic mass is 10.2. The number of nitrogens with zero attached hydrogens (tertiary/aromatic N) is 1. The number of rotatable bonds is 4. The van der Waals surface area contributed by atoms with Crippen LogP contribution in [0.5, 0.6) is 0 Å².